The number of para-hydroxylation sites is 1. The van der Waals surface area contributed by atoms with Crippen molar-refractivity contribution in [2.45, 2.75) is 9.92 Å². The summed E-state index contributed by atoms with van der Waals surface area (Å²) in [5.41, 5.74) is -0.160. The maximum atomic E-state index is 12.5. The van der Waals surface area contributed by atoms with Gasteiger partial charge in [0.15, 0.2) is 5.03 Å². The minimum atomic E-state index is -3.81. The van der Waals surface area contributed by atoms with Gasteiger partial charge in [-0.05, 0) is 24.3 Å². The van der Waals surface area contributed by atoms with Crippen molar-refractivity contribution in [2.24, 2.45) is 0 Å². The first-order chi connectivity index (χ1) is 10.5. The molecule has 0 atom stereocenters. The van der Waals surface area contributed by atoms with Gasteiger partial charge in [-0.2, -0.15) is 0 Å². The van der Waals surface area contributed by atoms with Crippen LogP contribution >= 0.6 is 0 Å². The Labute approximate surface area is 126 Å². The number of nitro groups is 1. The molecule has 0 saturated carbocycles. The molecule has 0 N–H and O–H groups in total. The van der Waals surface area contributed by atoms with Crippen LogP contribution in [0, 0.1) is 10.1 Å². The summed E-state index contributed by atoms with van der Waals surface area (Å²) in [6.45, 7) is 0. The van der Waals surface area contributed by atoms with Gasteiger partial charge in [-0.1, -0.05) is 30.3 Å². The van der Waals surface area contributed by atoms with Gasteiger partial charge in [0.25, 0.3) is 5.69 Å². The van der Waals surface area contributed by atoms with Crippen molar-refractivity contribution in [2.75, 3.05) is 0 Å². The maximum absolute atomic E-state index is 12.5. The molecule has 1 aromatic heterocycles. The van der Waals surface area contributed by atoms with E-state index >= 15 is 0 Å². The van der Waals surface area contributed by atoms with E-state index in [1.807, 2.05) is 0 Å². The minimum absolute atomic E-state index is 0.0597. The Morgan fingerprint density at radius 2 is 1.64 bits per heavy atom. The van der Waals surface area contributed by atoms with E-state index < -0.39 is 14.8 Å². The number of hydrogen-bond acceptors (Lipinski definition) is 5. The molecule has 22 heavy (non-hydrogen) atoms. The van der Waals surface area contributed by atoms with Gasteiger partial charge in [0.05, 0.1) is 9.82 Å². The fourth-order valence-electron chi connectivity index (χ4n) is 2.13. The van der Waals surface area contributed by atoms with E-state index in [4.69, 9.17) is 0 Å². The average molecular weight is 314 g/mol. The molecule has 0 radical (unpaired) electrons. The highest BCUT2D eigenvalue weighted by Gasteiger charge is 2.21. The zero-order chi connectivity index (χ0) is 15.7. The number of nitrogens with zero attached hydrogens (tertiary/aromatic N) is 2. The summed E-state index contributed by atoms with van der Waals surface area (Å²) in [7, 11) is -3.81. The second-order valence-corrected chi connectivity index (χ2v) is 6.47. The van der Waals surface area contributed by atoms with E-state index in [2.05, 4.69) is 4.98 Å². The lowest BCUT2D eigenvalue weighted by molar-refractivity contribution is -0.383. The average Bonchev–Trinajstić information content (AvgIpc) is 2.54. The lowest BCUT2D eigenvalue weighted by Gasteiger charge is -2.05. The van der Waals surface area contributed by atoms with E-state index in [-0.39, 0.29) is 21.1 Å². The number of sulfone groups is 1. The molecule has 3 rings (SSSR count). The third-order valence-electron chi connectivity index (χ3n) is 3.20. The second kappa shape index (κ2) is 5.19. The van der Waals surface area contributed by atoms with Gasteiger partial charge in [-0.25, -0.2) is 13.4 Å². The summed E-state index contributed by atoms with van der Waals surface area (Å²) in [5, 5.41) is 11.4. The highest BCUT2D eigenvalue weighted by molar-refractivity contribution is 7.91. The summed E-state index contributed by atoms with van der Waals surface area (Å²) in [6.07, 6.45) is 0. The summed E-state index contributed by atoms with van der Waals surface area (Å²) in [5.74, 6) is 0. The standard InChI is InChI=1S/C15H10N2O4S/c18-17(19)13-8-4-5-11-9-10-14(16-15(11)13)22(20,21)12-6-2-1-3-7-12/h1-10H. The predicted molar refractivity (Wildman–Crippen MR) is 80.3 cm³/mol. The van der Waals surface area contributed by atoms with Crippen LogP contribution in [0.5, 0.6) is 0 Å². The van der Waals surface area contributed by atoms with E-state index in [0.29, 0.717) is 5.39 Å². The van der Waals surface area contributed by atoms with Gasteiger partial charge in [0, 0.05) is 11.5 Å². The van der Waals surface area contributed by atoms with E-state index in [1.165, 1.54) is 36.4 Å². The first-order valence-corrected chi connectivity index (χ1v) is 7.83. The molecule has 0 spiro atoms. The van der Waals surface area contributed by atoms with Gasteiger partial charge in [-0.15, -0.1) is 0 Å². The predicted octanol–water partition coefficient (Wildman–Crippen LogP) is 2.98. The monoisotopic (exact) mass is 314 g/mol. The van der Waals surface area contributed by atoms with Crippen molar-refractivity contribution in [1.82, 2.24) is 4.98 Å². The molecule has 110 valence electrons. The van der Waals surface area contributed by atoms with Crippen LogP contribution in [-0.4, -0.2) is 18.3 Å². The van der Waals surface area contributed by atoms with Crippen molar-refractivity contribution in [3.8, 4) is 0 Å². The van der Waals surface area contributed by atoms with Crippen LogP contribution in [0.25, 0.3) is 10.9 Å². The lowest BCUT2D eigenvalue weighted by atomic mass is 10.2. The molecule has 0 aliphatic heterocycles. The van der Waals surface area contributed by atoms with Crippen LogP contribution in [0.1, 0.15) is 0 Å². The Morgan fingerprint density at radius 3 is 2.32 bits per heavy atom. The van der Waals surface area contributed by atoms with Gasteiger partial charge in [0.1, 0.15) is 5.52 Å². The van der Waals surface area contributed by atoms with Crippen molar-refractivity contribution < 1.29 is 13.3 Å². The third-order valence-corrected chi connectivity index (χ3v) is 4.87. The van der Waals surface area contributed by atoms with Crippen molar-refractivity contribution in [3.63, 3.8) is 0 Å². The Bertz CT molecular complexity index is 969. The van der Waals surface area contributed by atoms with Gasteiger partial charge in [0.2, 0.25) is 9.84 Å². The molecule has 0 fully saturated rings. The summed E-state index contributed by atoms with van der Waals surface area (Å²) in [4.78, 5) is 14.6. The molecule has 1 heterocycles. The van der Waals surface area contributed by atoms with Crippen molar-refractivity contribution >= 4 is 26.4 Å². The van der Waals surface area contributed by atoms with Crippen LogP contribution in [0.2, 0.25) is 0 Å². The maximum Gasteiger partial charge on any atom is 0.295 e. The number of nitro benzene ring substituents is 1. The first kappa shape index (κ1) is 14.2. The minimum Gasteiger partial charge on any atom is -0.258 e. The van der Waals surface area contributed by atoms with Crippen LogP contribution in [0.15, 0.2) is 70.6 Å². The molecule has 0 saturated heterocycles. The third kappa shape index (κ3) is 2.31. The molecule has 0 unspecified atom stereocenters. The lowest BCUT2D eigenvalue weighted by Crippen LogP contribution is -2.05. The van der Waals surface area contributed by atoms with Crippen LogP contribution in [-0.2, 0) is 9.84 Å². The second-order valence-electron chi connectivity index (χ2n) is 4.57. The highest BCUT2D eigenvalue weighted by Crippen LogP contribution is 2.27. The topological polar surface area (TPSA) is 90.2 Å². The Hall–Kier alpha value is -2.80. The summed E-state index contributed by atoms with van der Waals surface area (Å²) < 4.78 is 25.1. The molecular weight excluding hydrogens is 304 g/mol. The fourth-order valence-corrected chi connectivity index (χ4v) is 3.35. The molecule has 0 aliphatic rings. The molecule has 3 aromatic rings. The number of benzene rings is 2. The SMILES string of the molecule is O=[N+]([O-])c1cccc2ccc(S(=O)(=O)c3ccccc3)nc12. The normalized spacial score (nSPS) is 11.5. The van der Waals surface area contributed by atoms with Crippen LogP contribution < -0.4 is 0 Å². The summed E-state index contributed by atoms with van der Waals surface area (Å²) in [6, 6.07) is 15.2. The number of rotatable bonds is 3. The van der Waals surface area contributed by atoms with Gasteiger partial charge < -0.3 is 0 Å². The number of hydrogen-bond donors (Lipinski definition) is 0. The zero-order valence-corrected chi connectivity index (χ0v) is 12.0. The number of aromatic nitrogens is 1. The van der Waals surface area contributed by atoms with Crippen molar-refractivity contribution in [1.29, 1.82) is 0 Å². The molecule has 0 amide bonds. The van der Waals surface area contributed by atoms with Crippen molar-refractivity contribution in [3.05, 3.63) is 70.8 Å². The smallest absolute Gasteiger partial charge is 0.258 e. The summed E-state index contributed by atoms with van der Waals surface area (Å²) >= 11 is 0. The fraction of sp³-hybridized carbons (Fsp3) is 0. The molecular formula is C15H10N2O4S. The molecule has 0 aliphatic carbocycles. The largest absolute Gasteiger partial charge is 0.295 e. The zero-order valence-electron chi connectivity index (χ0n) is 11.2. The number of non-ortho nitro benzene ring substituents is 1. The Morgan fingerprint density at radius 1 is 0.909 bits per heavy atom. The Kier molecular flexibility index (Phi) is 3.34. The Balaban J connectivity index is 2.25. The van der Waals surface area contributed by atoms with E-state index in [1.54, 1.807) is 24.3 Å². The number of fused-ring (bicyclic) bond motifs is 1. The molecule has 2 aromatic carbocycles. The molecule has 7 heteroatoms. The number of pyridine rings is 1. The van der Waals surface area contributed by atoms with E-state index in [9.17, 15) is 18.5 Å². The first-order valence-electron chi connectivity index (χ1n) is 6.34. The van der Waals surface area contributed by atoms with Crippen LogP contribution in [0.3, 0.4) is 0 Å². The molecule has 6 nitrogen and oxygen atoms in total. The van der Waals surface area contributed by atoms with Gasteiger partial charge >= 0.3 is 0 Å². The quantitative estimate of drug-likeness (QED) is 0.547. The molecule has 0 bridgehead atoms. The highest BCUT2D eigenvalue weighted by atomic mass is 32.2. The van der Waals surface area contributed by atoms with Gasteiger partial charge in [-0.3, -0.25) is 10.1 Å². The van der Waals surface area contributed by atoms with Crippen LogP contribution in [0.4, 0.5) is 5.69 Å². The van der Waals surface area contributed by atoms with E-state index in [0.717, 1.165) is 0 Å².